The Morgan fingerprint density at radius 1 is 1.29 bits per heavy atom. The number of urea groups is 1. The molecular weight excluding hydrogens is 270 g/mol. The van der Waals surface area contributed by atoms with Gasteiger partial charge in [0.1, 0.15) is 0 Å². The van der Waals surface area contributed by atoms with E-state index in [0.29, 0.717) is 18.5 Å². The third-order valence-corrected chi connectivity index (χ3v) is 5.36. The Morgan fingerprint density at radius 3 is 2.57 bits per heavy atom. The van der Waals surface area contributed by atoms with E-state index in [0.717, 1.165) is 25.9 Å². The molecule has 0 radical (unpaired) electrons. The quantitative estimate of drug-likeness (QED) is 0.822. The number of nitrogens with one attached hydrogen (secondary N) is 1. The monoisotopic (exact) mass is 297 g/mol. The van der Waals surface area contributed by atoms with Crippen molar-refractivity contribution in [1.82, 2.24) is 15.1 Å². The highest BCUT2D eigenvalue weighted by atomic mass is 16.4. The van der Waals surface area contributed by atoms with E-state index in [1.165, 1.54) is 6.42 Å². The fourth-order valence-corrected chi connectivity index (χ4v) is 3.23. The van der Waals surface area contributed by atoms with Crippen molar-refractivity contribution in [3.05, 3.63) is 0 Å². The van der Waals surface area contributed by atoms with Crippen molar-refractivity contribution in [2.45, 2.75) is 51.6 Å². The standard InChI is InChI=1S/C15H27N3O3/c1-4-15(2,13(19)20)10-16-14(21)18-8-7-11-5-6-12(9-18)17(11)3/h11-12H,4-10H2,1-3H3,(H,16,21)(H,19,20). The summed E-state index contributed by atoms with van der Waals surface area (Å²) in [6.45, 7) is 5.19. The fourth-order valence-electron chi connectivity index (χ4n) is 3.23. The number of hydrogen-bond acceptors (Lipinski definition) is 3. The van der Waals surface area contributed by atoms with Crippen LogP contribution in [0.25, 0.3) is 0 Å². The molecule has 0 aromatic heterocycles. The van der Waals surface area contributed by atoms with Crippen LogP contribution in [-0.2, 0) is 4.79 Å². The van der Waals surface area contributed by atoms with E-state index in [1.807, 2.05) is 11.8 Å². The minimum absolute atomic E-state index is 0.128. The zero-order chi connectivity index (χ0) is 15.6. The number of carbonyl (C=O) groups is 2. The number of carboxylic acids is 1. The summed E-state index contributed by atoms with van der Waals surface area (Å²) < 4.78 is 0. The normalized spacial score (nSPS) is 28.8. The molecule has 0 aromatic rings. The number of likely N-dealkylation sites (tertiary alicyclic amines) is 1. The van der Waals surface area contributed by atoms with Crippen molar-refractivity contribution in [2.24, 2.45) is 5.41 Å². The summed E-state index contributed by atoms with van der Waals surface area (Å²) in [6.07, 6.45) is 3.87. The van der Waals surface area contributed by atoms with E-state index < -0.39 is 11.4 Å². The second-order valence-electron chi connectivity index (χ2n) is 6.66. The van der Waals surface area contributed by atoms with Crippen molar-refractivity contribution in [3.8, 4) is 0 Å². The Morgan fingerprint density at radius 2 is 1.95 bits per heavy atom. The average Bonchev–Trinajstić information content (AvgIpc) is 2.69. The van der Waals surface area contributed by atoms with Crippen molar-refractivity contribution in [2.75, 3.05) is 26.7 Å². The highest BCUT2D eigenvalue weighted by molar-refractivity contribution is 5.78. The number of carbonyl (C=O) groups excluding carboxylic acids is 1. The Bertz CT molecular complexity index is 415. The third-order valence-electron chi connectivity index (χ3n) is 5.36. The van der Waals surface area contributed by atoms with E-state index in [4.69, 9.17) is 0 Å². The van der Waals surface area contributed by atoms with Gasteiger partial charge in [-0.05, 0) is 39.7 Å². The Kier molecular flexibility index (Phi) is 4.76. The predicted molar refractivity (Wildman–Crippen MR) is 80.2 cm³/mol. The highest BCUT2D eigenvalue weighted by Gasteiger charge is 2.37. The largest absolute Gasteiger partial charge is 0.481 e. The second-order valence-corrected chi connectivity index (χ2v) is 6.66. The van der Waals surface area contributed by atoms with Gasteiger partial charge in [0.25, 0.3) is 0 Å². The molecule has 0 saturated carbocycles. The van der Waals surface area contributed by atoms with Gasteiger partial charge in [-0.1, -0.05) is 6.92 Å². The number of aliphatic carboxylic acids is 1. The summed E-state index contributed by atoms with van der Waals surface area (Å²) in [7, 11) is 2.14. The van der Waals surface area contributed by atoms with Gasteiger partial charge in [0.2, 0.25) is 0 Å². The van der Waals surface area contributed by atoms with Gasteiger partial charge in [-0.25, -0.2) is 4.79 Å². The number of likely N-dealkylation sites (N-methyl/N-ethyl adjacent to an activating group) is 1. The molecule has 0 aromatic carbocycles. The molecule has 21 heavy (non-hydrogen) atoms. The van der Waals surface area contributed by atoms with Crippen molar-refractivity contribution in [1.29, 1.82) is 0 Å². The molecule has 120 valence electrons. The van der Waals surface area contributed by atoms with Gasteiger partial charge in [0.05, 0.1) is 5.41 Å². The summed E-state index contributed by atoms with van der Waals surface area (Å²) in [4.78, 5) is 27.8. The van der Waals surface area contributed by atoms with Gasteiger partial charge in [0, 0.05) is 31.7 Å². The summed E-state index contributed by atoms with van der Waals surface area (Å²) >= 11 is 0. The molecule has 2 heterocycles. The number of rotatable bonds is 4. The van der Waals surface area contributed by atoms with Crippen LogP contribution in [0.1, 0.15) is 39.5 Å². The average molecular weight is 297 g/mol. The van der Waals surface area contributed by atoms with Gasteiger partial charge in [-0.15, -0.1) is 0 Å². The fraction of sp³-hybridized carbons (Fsp3) is 0.867. The van der Waals surface area contributed by atoms with Gasteiger partial charge in [0.15, 0.2) is 0 Å². The SMILES string of the molecule is CCC(C)(CNC(=O)N1CCC2CCC(C1)N2C)C(=O)O. The Balaban J connectivity index is 1.90. The minimum Gasteiger partial charge on any atom is -0.481 e. The van der Waals surface area contributed by atoms with Gasteiger partial charge in [-0.3, -0.25) is 9.69 Å². The number of carboxylic acid groups (broad SMARTS) is 1. The first-order valence-corrected chi connectivity index (χ1v) is 7.85. The second kappa shape index (κ2) is 6.22. The molecule has 2 amide bonds. The molecular formula is C15H27N3O3. The summed E-state index contributed by atoms with van der Waals surface area (Å²) in [5.74, 6) is -0.861. The van der Waals surface area contributed by atoms with Gasteiger partial charge in [-0.2, -0.15) is 0 Å². The number of nitrogens with zero attached hydrogens (tertiary/aromatic N) is 2. The van der Waals surface area contributed by atoms with Crippen LogP contribution in [0.2, 0.25) is 0 Å². The molecule has 2 aliphatic heterocycles. The minimum atomic E-state index is -0.892. The van der Waals surface area contributed by atoms with Crippen LogP contribution in [0.5, 0.6) is 0 Å². The molecule has 0 spiro atoms. The molecule has 0 aliphatic carbocycles. The van der Waals surface area contributed by atoms with Crippen LogP contribution < -0.4 is 5.32 Å². The van der Waals surface area contributed by atoms with Crippen molar-refractivity contribution >= 4 is 12.0 Å². The Hall–Kier alpha value is -1.30. The number of fused-ring (bicyclic) bond motifs is 2. The van der Waals surface area contributed by atoms with Crippen LogP contribution in [0.3, 0.4) is 0 Å². The van der Waals surface area contributed by atoms with E-state index in [2.05, 4.69) is 17.3 Å². The summed E-state index contributed by atoms with van der Waals surface area (Å²) in [5.41, 5.74) is -0.892. The molecule has 6 heteroatoms. The van der Waals surface area contributed by atoms with Crippen LogP contribution in [0.4, 0.5) is 4.79 Å². The van der Waals surface area contributed by atoms with Crippen LogP contribution in [0, 0.1) is 5.41 Å². The third kappa shape index (κ3) is 3.31. The van der Waals surface area contributed by atoms with Gasteiger partial charge >= 0.3 is 12.0 Å². The summed E-state index contributed by atoms with van der Waals surface area (Å²) in [5, 5.41) is 12.1. The zero-order valence-corrected chi connectivity index (χ0v) is 13.3. The maximum absolute atomic E-state index is 12.3. The molecule has 2 rings (SSSR count). The van der Waals surface area contributed by atoms with Crippen LogP contribution in [0.15, 0.2) is 0 Å². The van der Waals surface area contributed by atoms with E-state index >= 15 is 0 Å². The maximum atomic E-state index is 12.3. The van der Waals surface area contributed by atoms with Crippen LogP contribution in [-0.4, -0.2) is 65.7 Å². The van der Waals surface area contributed by atoms with Crippen LogP contribution >= 0.6 is 0 Å². The molecule has 3 atom stereocenters. The first kappa shape index (κ1) is 16.1. The smallest absolute Gasteiger partial charge is 0.317 e. The van der Waals surface area contributed by atoms with Gasteiger partial charge < -0.3 is 15.3 Å². The lowest BCUT2D eigenvalue weighted by atomic mass is 9.88. The lowest BCUT2D eigenvalue weighted by Gasteiger charge is -2.28. The Labute approximate surface area is 126 Å². The molecule has 6 nitrogen and oxygen atoms in total. The molecule has 2 bridgehead atoms. The molecule has 2 saturated heterocycles. The predicted octanol–water partition coefficient (Wildman–Crippen LogP) is 1.37. The summed E-state index contributed by atoms with van der Waals surface area (Å²) in [6, 6.07) is 0.907. The van der Waals surface area contributed by atoms with Crippen molar-refractivity contribution in [3.63, 3.8) is 0 Å². The molecule has 2 aliphatic rings. The highest BCUT2D eigenvalue weighted by Crippen LogP contribution is 2.28. The first-order valence-electron chi connectivity index (χ1n) is 7.85. The lowest BCUT2D eigenvalue weighted by molar-refractivity contribution is -0.147. The lowest BCUT2D eigenvalue weighted by Crippen LogP contribution is -2.48. The van der Waals surface area contributed by atoms with E-state index in [1.54, 1.807) is 6.92 Å². The topological polar surface area (TPSA) is 72.9 Å². The molecule has 3 unspecified atom stereocenters. The van der Waals surface area contributed by atoms with E-state index in [-0.39, 0.29) is 12.6 Å². The molecule has 2 fully saturated rings. The van der Waals surface area contributed by atoms with Crippen molar-refractivity contribution < 1.29 is 14.7 Å². The first-order chi connectivity index (χ1) is 9.87. The maximum Gasteiger partial charge on any atom is 0.317 e. The number of hydrogen-bond donors (Lipinski definition) is 2. The number of amides is 2. The zero-order valence-electron chi connectivity index (χ0n) is 13.3. The molecule has 2 N–H and O–H groups in total. The van der Waals surface area contributed by atoms with E-state index in [9.17, 15) is 14.7 Å².